The van der Waals surface area contributed by atoms with Gasteiger partial charge in [0.25, 0.3) is 0 Å². The average Bonchev–Trinajstić information content (AvgIpc) is 2.09. The van der Waals surface area contributed by atoms with Crippen molar-refractivity contribution in [3.05, 3.63) is 23.3 Å². The topological polar surface area (TPSA) is 55.5 Å². The van der Waals surface area contributed by atoms with Crippen LogP contribution in [0.25, 0.3) is 0 Å². The molecule has 0 saturated carbocycles. The van der Waals surface area contributed by atoms with Crippen LogP contribution in [0.1, 0.15) is 23.6 Å². The molecule has 70 valence electrons. The maximum Gasteiger partial charge on any atom is 0.124 e. The van der Waals surface area contributed by atoms with Gasteiger partial charge in [0.05, 0.1) is 6.61 Å². The smallest absolute Gasteiger partial charge is 0.124 e. The van der Waals surface area contributed by atoms with Gasteiger partial charge in [-0.15, -0.1) is 0 Å². The predicted molar refractivity (Wildman–Crippen MR) is 49.9 cm³/mol. The highest BCUT2D eigenvalue weighted by atomic mass is 16.5. The van der Waals surface area contributed by atoms with Crippen molar-refractivity contribution < 1.29 is 9.84 Å². The molecule has 1 aromatic carbocycles. The highest BCUT2D eigenvalue weighted by Gasteiger charge is 2.19. The Hall–Kier alpha value is -1.22. The second-order valence-electron chi connectivity index (χ2n) is 3.42. The van der Waals surface area contributed by atoms with Crippen LogP contribution in [0.15, 0.2) is 12.1 Å². The first-order valence-electron chi connectivity index (χ1n) is 4.40. The van der Waals surface area contributed by atoms with E-state index in [2.05, 4.69) is 0 Å². The second kappa shape index (κ2) is 2.92. The van der Waals surface area contributed by atoms with Gasteiger partial charge in [0.1, 0.15) is 11.5 Å². The van der Waals surface area contributed by atoms with Crippen molar-refractivity contribution in [2.24, 2.45) is 5.73 Å². The molecule has 0 amide bonds. The van der Waals surface area contributed by atoms with E-state index in [0.29, 0.717) is 12.4 Å². The van der Waals surface area contributed by atoms with Gasteiger partial charge in [-0.25, -0.2) is 0 Å². The lowest BCUT2D eigenvalue weighted by Crippen LogP contribution is -2.20. The summed E-state index contributed by atoms with van der Waals surface area (Å²) in [6, 6.07) is 3.54. The summed E-state index contributed by atoms with van der Waals surface area (Å²) in [5.41, 5.74) is 7.61. The van der Waals surface area contributed by atoms with E-state index >= 15 is 0 Å². The molecule has 1 aliphatic rings. The molecular formula is C10H13NO2. The van der Waals surface area contributed by atoms with Crippen LogP contribution in [0.4, 0.5) is 0 Å². The van der Waals surface area contributed by atoms with E-state index in [4.69, 9.17) is 10.5 Å². The van der Waals surface area contributed by atoms with Crippen LogP contribution >= 0.6 is 0 Å². The molecule has 1 heterocycles. The highest BCUT2D eigenvalue weighted by Crippen LogP contribution is 2.35. The number of ether oxygens (including phenoxy) is 1. The highest BCUT2D eigenvalue weighted by molar-refractivity contribution is 5.47. The Bertz CT molecular complexity index is 336. The van der Waals surface area contributed by atoms with Crippen LogP contribution in [0.2, 0.25) is 0 Å². The number of benzene rings is 1. The van der Waals surface area contributed by atoms with Crippen molar-refractivity contribution >= 4 is 0 Å². The minimum atomic E-state index is -0.00440. The average molecular weight is 179 g/mol. The standard InChI is InChI=1S/C10H13NO2/c1-6-4-10-7(5-9(6)12)8(11)2-3-13-10/h4-5,8,12H,2-3,11H2,1H3/t8-/m0/s1. The molecule has 2 rings (SSSR count). The molecule has 0 spiro atoms. The summed E-state index contributed by atoms with van der Waals surface area (Å²) >= 11 is 0. The Morgan fingerprint density at radius 2 is 2.31 bits per heavy atom. The summed E-state index contributed by atoms with van der Waals surface area (Å²) in [5, 5.41) is 9.48. The lowest BCUT2D eigenvalue weighted by Gasteiger charge is -2.23. The molecule has 1 aromatic rings. The zero-order chi connectivity index (χ0) is 9.42. The number of phenols is 1. The van der Waals surface area contributed by atoms with Gasteiger partial charge in [-0.1, -0.05) is 0 Å². The van der Waals surface area contributed by atoms with Crippen LogP contribution in [0.5, 0.6) is 11.5 Å². The van der Waals surface area contributed by atoms with Crippen molar-refractivity contribution in [2.75, 3.05) is 6.61 Å². The number of phenolic OH excluding ortho intramolecular Hbond substituents is 1. The quantitative estimate of drug-likeness (QED) is 0.634. The first kappa shape index (κ1) is 8.38. The van der Waals surface area contributed by atoms with Gasteiger partial charge in [0, 0.05) is 18.0 Å². The number of aromatic hydroxyl groups is 1. The van der Waals surface area contributed by atoms with E-state index in [0.717, 1.165) is 23.3 Å². The maximum absolute atomic E-state index is 9.48. The fourth-order valence-corrected chi connectivity index (χ4v) is 1.55. The first-order chi connectivity index (χ1) is 6.18. The van der Waals surface area contributed by atoms with E-state index in [-0.39, 0.29) is 6.04 Å². The molecule has 1 atom stereocenters. The van der Waals surface area contributed by atoms with Crippen molar-refractivity contribution in [2.45, 2.75) is 19.4 Å². The Balaban J connectivity index is 2.52. The Morgan fingerprint density at radius 3 is 3.08 bits per heavy atom. The molecule has 0 radical (unpaired) electrons. The van der Waals surface area contributed by atoms with Crippen LogP contribution in [-0.2, 0) is 0 Å². The number of nitrogens with two attached hydrogens (primary N) is 1. The fraction of sp³-hybridized carbons (Fsp3) is 0.400. The predicted octanol–water partition coefficient (Wildman–Crippen LogP) is 1.48. The summed E-state index contributed by atoms with van der Waals surface area (Å²) < 4.78 is 5.44. The van der Waals surface area contributed by atoms with Crippen molar-refractivity contribution in [3.8, 4) is 11.5 Å². The van der Waals surface area contributed by atoms with E-state index < -0.39 is 0 Å². The third-order valence-electron chi connectivity index (χ3n) is 2.41. The molecule has 0 bridgehead atoms. The van der Waals surface area contributed by atoms with Crippen molar-refractivity contribution in [1.29, 1.82) is 0 Å². The Labute approximate surface area is 77.1 Å². The van der Waals surface area contributed by atoms with Gasteiger partial charge >= 0.3 is 0 Å². The molecule has 0 saturated heterocycles. The number of aryl methyl sites for hydroxylation is 1. The molecule has 3 heteroatoms. The normalized spacial score (nSPS) is 20.6. The SMILES string of the molecule is Cc1cc2c(cc1O)[C@@H](N)CCO2. The Kier molecular flexibility index (Phi) is 1.88. The number of hydrogen-bond donors (Lipinski definition) is 2. The third-order valence-corrected chi connectivity index (χ3v) is 2.41. The van der Waals surface area contributed by atoms with Crippen molar-refractivity contribution in [1.82, 2.24) is 0 Å². The van der Waals surface area contributed by atoms with Gasteiger partial charge in [-0.3, -0.25) is 0 Å². The van der Waals surface area contributed by atoms with E-state index in [1.54, 1.807) is 6.07 Å². The zero-order valence-electron chi connectivity index (χ0n) is 7.58. The van der Waals surface area contributed by atoms with E-state index in [1.807, 2.05) is 13.0 Å². The first-order valence-corrected chi connectivity index (χ1v) is 4.40. The van der Waals surface area contributed by atoms with E-state index in [1.165, 1.54) is 0 Å². The summed E-state index contributed by atoms with van der Waals surface area (Å²) in [4.78, 5) is 0. The Morgan fingerprint density at radius 1 is 1.54 bits per heavy atom. The molecule has 3 N–H and O–H groups in total. The third kappa shape index (κ3) is 1.35. The van der Waals surface area contributed by atoms with Gasteiger partial charge in [0.2, 0.25) is 0 Å². The van der Waals surface area contributed by atoms with Gasteiger partial charge in [0.15, 0.2) is 0 Å². The molecule has 3 nitrogen and oxygen atoms in total. The molecule has 13 heavy (non-hydrogen) atoms. The van der Waals surface area contributed by atoms with Gasteiger partial charge < -0.3 is 15.6 Å². The van der Waals surface area contributed by atoms with Crippen molar-refractivity contribution in [3.63, 3.8) is 0 Å². The minimum Gasteiger partial charge on any atom is -0.508 e. The van der Waals surface area contributed by atoms with Crippen LogP contribution in [-0.4, -0.2) is 11.7 Å². The lowest BCUT2D eigenvalue weighted by molar-refractivity contribution is 0.268. The molecule has 0 unspecified atom stereocenters. The number of rotatable bonds is 0. The lowest BCUT2D eigenvalue weighted by atomic mass is 9.99. The largest absolute Gasteiger partial charge is 0.508 e. The minimum absolute atomic E-state index is 0.00440. The number of fused-ring (bicyclic) bond motifs is 1. The summed E-state index contributed by atoms with van der Waals surface area (Å²) in [6.07, 6.45) is 0.815. The molecule has 0 aliphatic carbocycles. The summed E-state index contributed by atoms with van der Waals surface area (Å²) in [7, 11) is 0. The fourth-order valence-electron chi connectivity index (χ4n) is 1.55. The monoisotopic (exact) mass is 179 g/mol. The summed E-state index contributed by atoms with van der Waals surface area (Å²) in [5.74, 6) is 1.11. The van der Waals surface area contributed by atoms with Crippen LogP contribution in [0, 0.1) is 6.92 Å². The van der Waals surface area contributed by atoms with Gasteiger partial charge in [-0.2, -0.15) is 0 Å². The summed E-state index contributed by atoms with van der Waals surface area (Å²) in [6.45, 7) is 2.51. The maximum atomic E-state index is 9.48. The molecule has 0 aromatic heterocycles. The zero-order valence-corrected chi connectivity index (χ0v) is 7.58. The van der Waals surface area contributed by atoms with Gasteiger partial charge in [-0.05, 0) is 24.6 Å². The van der Waals surface area contributed by atoms with Crippen LogP contribution < -0.4 is 10.5 Å². The van der Waals surface area contributed by atoms with Crippen LogP contribution in [0.3, 0.4) is 0 Å². The second-order valence-corrected chi connectivity index (χ2v) is 3.42. The number of hydrogen-bond acceptors (Lipinski definition) is 3. The molecular weight excluding hydrogens is 166 g/mol. The molecule has 1 aliphatic heterocycles. The van der Waals surface area contributed by atoms with E-state index in [9.17, 15) is 5.11 Å². The molecule has 0 fully saturated rings.